The summed E-state index contributed by atoms with van der Waals surface area (Å²) < 4.78 is 5.10. The highest BCUT2D eigenvalue weighted by molar-refractivity contribution is 4.79. The predicted molar refractivity (Wildman–Crippen MR) is 43.5 cm³/mol. The summed E-state index contributed by atoms with van der Waals surface area (Å²) in [7, 11) is 0. The molecule has 0 amide bonds. The third-order valence-corrected chi connectivity index (χ3v) is 1.87. The van der Waals surface area contributed by atoms with Crippen LogP contribution < -0.4 is 5.32 Å². The molecule has 0 unspecified atom stereocenters. The molecule has 1 aliphatic heterocycles. The number of hydrogen-bond donors (Lipinski definition) is 2. The average molecular weight is 159 g/mol. The summed E-state index contributed by atoms with van der Waals surface area (Å²) in [5, 5.41) is 12.7. The summed E-state index contributed by atoms with van der Waals surface area (Å²) in [5.74, 6) is 0. The van der Waals surface area contributed by atoms with Crippen molar-refractivity contribution in [2.24, 2.45) is 0 Å². The van der Waals surface area contributed by atoms with Gasteiger partial charge in [0, 0.05) is 18.7 Å². The first-order valence-electron chi connectivity index (χ1n) is 4.22. The van der Waals surface area contributed by atoms with Crippen molar-refractivity contribution in [1.82, 2.24) is 5.32 Å². The summed E-state index contributed by atoms with van der Waals surface area (Å²) in [5.41, 5.74) is 0. The zero-order valence-corrected chi connectivity index (χ0v) is 7.21. The van der Waals surface area contributed by atoms with E-state index >= 15 is 0 Å². The number of aliphatic hydroxyl groups is 1. The Morgan fingerprint density at radius 1 is 1.55 bits per heavy atom. The van der Waals surface area contributed by atoms with Gasteiger partial charge in [0.05, 0.1) is 12.7 Å². The normalized spacial score (nSPS) is 32.7. The van der Waals surface area contributed by atoms with E-state index in [0.717, 1.165) is 13.0 Å². The van der Waals surface area contributed by atoms with E-state index < -0.39 is 0 Å². The lowest BCUT2D eigenvalue weighted by molar-refractivity contribution is -0.0294. The van der Waals surface area contributed by atoms with E-state index in [2.05, 4.69) is 19.2 Å². The van der Waals surface area contributed by atoms with Crippen LogP contribution in [-0.2, 0) is 4.74 Å². The predicted octanol–water partition coefficient (Wildman–Crippen LogP) is 0.134. The molecule has 0 aromatic rings. The molecule has 1 heterocycles. The molecule has 0 spiro atoms. The van der Waals surface area contributed by atoms with Crippen LogP contribution in [0.2, 0.25) is 0 Å². The Labute approximate surface area is 67.7 Å². The fourth-order valence-electron chi connectivity index (χ4n) is 1.35. The zero-order chi connectivity index (χ0) is 8.27. The maximum Gasteiger partial charge on any atom is 0.0927 e. The number of rotatable bonds is 2. The molecule has 1 saturated heterocycles. The molecular formula is C8H17NO2. The molecule has 2 atom stereocenters. The Morgan fingerprint density at radius 2 is 2.27 bits per heavy atom. The summed E-state index contributed by atoms with van der Waals surface area (Å²) in [6, 6.07) is 0.663. The minimum absolute atomic E-state index is 0.226. The van der Waals surface area contributed by atoms with Crippen molar-refractivity contribution in [3.63, 3.8) is 0 Å². The second-order valence-corrected chi connectivity index (χ2v) is 3.36. The highest BCUT2D eigenvalue weighted by atomic mass is 16.5. The molecule has 1 rings (SSSR count). The van der Waals surface area contributed by atoms with Crippen LogP contribution in [0, 0.1) is 0 Å². The van der Waals surface area contributed by atoms with Crippen LogP contribution in [0.25, 0.3) is 0 Å². The van der Waals surface area contributed by atoms with E-state index in [1.807, 2.05) is 0 Å². The van der Waals surface area contributed by atoms with Gasteiger partial charge >= 0.3 is 0 Å². The Hall–Kier alpha value is -0.120. The minimum atomic E-state index is -0.328. The van der Waals surface area contributed by atoms with Gasteiger partial charge in [-0.2, -0.15) is 0 Å². The Morgan fingerprint density at radius 3 is 2.82 bits per heavy atom. The molecule has 66 valence electrons. The second-order valence-electron chi connectivity index (χ2n) is 3.36. The second kappa shape index (κ2) is 4.04. The first-order chi connectivity index (χ1) is 5.20. The fourth-order valence-corrected chi connectivity index (χ4v) is 1.35. The van der Waals surface area contributed by atoms with E-state index in [1.165, 1.54) is 0 Å². The zero-order valence-electron chi connectivity index (χ0n) is 7.21. The maximum absolute atomic E-state index is 9.43. The topological polar surface area (TPSA) is 41.5 Å². The molecule has 11 heavy (non-hydrogen) atoms. The smallest absolute Gasteiger partial charge is 0.0927 e. The van der Waals surface area contributed by atoms with Crippen molar-refractivity contribution in [2.75, 3.05) is 13.2 Å². The van der Waals surface area contributed by atoms with Crippen LogP contribution in [0.4, 0.5) is 0 Å². The lowest BCUT2D eigenvalue weighted by Gasteiger charge is -2.30. The van der Waals surface area contributed by atoms with E-state index in [4.69, 9.17) is 4.74 Å². The first-order valence-corrected chi connectivity index (χ1v) is 4.22. The minimum Gasteiger partial charge on any atom is -0.389 e. The summed E-state index contributed by atoms with van der Waals surface area (Å²) in [6.45, 7) is 5.41. The van der Waals surface area contributed by atoms with Gasteiger partial charge < -0.3 is 15.2 Å². The fraction of sp³-hybridized carbons (Fsp3) is 1.00. The van der Waals surface area contributed by atoms with Gasteiger partial charge in [-0.3, -0.25) is 0 Å². The Kier molecular flexibility index (Phi) is 3.30. The van der Waals surface area contributed by atoms with Crippen LogP contribution in [0.1, 0.15) is 20.3 Å². The molecular weight excluding hydrogens is 142 g/mol. The number of aliphatic hydroxyl groups excluding tert-OH is 1. The molecule has 1 fully saturated rings. The molecule has 0 bridgehead atoms. The lowest BCUT2D eigenvalue weighted by Crippen LogP contribution is -2.48. The molecule has 1 aliphatic rings. The molecule has 3 heteroatoms. The van der Waals surface area contributed by atoms with Crippen molar-refractivity contribution in [3.8, 4) is 0 Å². The molecule has 0 saturated carbocycles. The molecule has 0 aromatic heterocycles. The summed E-state index contributed by atoms with van der Waals surface area (Å²) >= 11 is 0. The number of nitrogens with one attached hydrogen (secondary N) is 1. The van der Waals surface area contributed by atoms with Gasteiger partial charge in [0.1, 0.15) is 0 Å². The van der Waals surface area contributed by atoms with Gasteiger partial charge in [0.15, 0.2) is 0 Å². The third-order valence-electron chi connectivity index (χ3n) is 1.87. The van der Waals surface area contributed by atoms with Crippen LogP contribution in [0.5, 0.6) is 0 Å². The van der Waals surface area contributed by atoms with Gasteiger partial charge in [-0.15, -0.1) is 0 Å². The monoisotopic (exact) mass is 159 g/mol. The first kappa shape index (κ1) is 8.97. The van der Waals surface area contributed by atoms with E-state index in [-0.39, 0.29) is 12.1 Å². The highest BCUT2D eigenvalue weighted by Crippen LogP contribution is 2.07. The molecule has 2 N–H and O–H groups in total. The lowest BCUT2D eigenvalue weighted by atomic mass is 10.1. The Bertz CT molecular complexity index is 117. The molecule has 0 radical (unpaired) electrons. The largest absolute Gasteiger partial charge is 0.389 e. The summed E-state index contributed by atoms with van der Waals surface area (Å²) in [6.07, 6.45) is 0.588. The quantitative estimate of drug-likeness (QED) is 0.602. The van der Waals surface area contributed by atoms with Gasteiger partial charge in [0.25, 0.3) is 0 Å². The van der Waals surface area contributed by atoms with Gasteiger partial charge in [0.2, 0.25) is 0 Å². The van der Waals surface area contributed by atoms with Gasteiger partial charge in [-0.05, 0) is 6.42 Å². The molecule has 3 nitrogen and oxygen atoms in total. The maximum atomic E-state index is 9.43. The van der Waals surface area contributed by atoms with Gasteiger partial charge in [-0.1, -0.05) is 13.8 Å². The SMILES string of the molecule is CC(C)N[C@H]1CCOC[C@@H]1O. The van der Waals surface area contributed by atoms with Crippen LogP contribution in [0.3, 0.4) is 0 Å². The van der Waals surface area contributed by atoms with Crippen molar-refractivity contribution < 1.29 is 9.84 Å². The van der Waals surface area contributed by atoms with Crippen molar-refractivity contribution in [2.45, 2.75) is 38.5 Å². The van der Waals surface area contributed by atoms with Crippen molar-refractivity contribution in [3.05, 3.63) is 0 Å². The van der Waals surface area contributed by atoms with Crippen molar-refractivity contribution >= 4 is 0 Å². The standard InChI is InChI=1S/C8H17NO2/c1-6(2)9-7-3-4-11-5-8(7)10/h6-10H,3-5H2,1-2H3/t7-,8-/m0/s1. The highest BCUT2D eigenvalue weighted by Gasteiger charge is 2.23. The average Bonchev–Trinajstić information content (AvgIpc) is 1.93. The van der Waals surface area contributed by atoms with Crippen molar-refractivity contribution in [1.29, 1.82) is 0 Å². The summed E-state index contributed by atoms with van der Waals surface area (Å²) in [4.78, 5) is 0. The van der Waals surface area contributed by atoms with E-state index in [9.17, 15) is 5.11 Å². The number of ether oxygens (including phenoxy) is 1. The van der Waals surface area contributed by atoms with E-state index in [0.29, 0.717) is 12.6 Å². The third kappa shape index (κ3) is 2.77. The molecule has 0 aliphatic carbocycles. The van der Waals surface area contributed by atoms with Crippen LogP contribution in [-0.4, -0.2) is 36.5 Å². The van der Waals surface area contributed by atoms with Crippen LogP contribution >= 0.6 is 0 Å². The van der Waals surface area contributed by atoms with Gasteiger partial charge in [-0.25, -0.2) is 0 Å². The van der Waals surface area contributed by atoms with E-state index in [1.54, 1.807) is 0 Å². The number of hydrogen-bond acceptors (Lipinski definition) is 3. The Balaban J connectivity index is 2.29. The van der Waals surface area contributed by atoms with Crippen LogP contribution in [0.15, 0.2) is 0 Å². The molecule has 0 aromatic carbocycles.